The first kappa shape index (κ1) is 12.9. The van der Waals surface area contributed by atoms with Crippen molar-refractivity contribution in [1.29, 1.82) is 0 Å². The van der Waals surface area contributed by atoms with E-state index in [0.29, 0.717) is 11.5 Å². The zero-order valence-electron chi connectivity index (χ0n) is 12.1. The van der Waals surface area contributed by atoms with E-state index in [1.807, 2.05) is 0 Å². The molecule has 0 radical (unpaired) electrons. The van der Waals surface area contributed by atoms with E-state index in [9.17, 15) is 0 Å². The minimum atomic E-state index is 0.541. The number of ether oxygens (including phenoxy) is 1. The lowest BCUT2D eigenvalue weighted by molar-refractivity contribution is -0.175. The fraction of sp³-hybridized carbons (Fsp3) is 1.00. The average Bonchev–Trinajstić information content (AvgIpc) is 2.28. The van der Waals surface area contributed by atoms with E-state index in [1.54, 1.807) is 0 Å². The Bertz CT molecular complexity index is 279. The van der Waals surface area contributed by atoms with Crippen molar-refractivity contribution in [3.63, 3.8) is 0 Å². The van der Waals surface area contributed by atoms with E-state index >= 15 is 0 Å². The summed E-state index contributed by atoms with van der Waals surface area (Å²) in [4.78, 5) is 0. The Morgan fingerprint density at radius 2 is 1.89 bits per heavy atom. The van der Waals surface area contributed by atoms with E-state index < -0.39 is 0 Å². The van der Waals surface area contributed by atoms with Crippen molar-refractivity contribution < 1.29 is 4.74 Å². The second-order valence-corrected chi connectivity index (χ2v) is 6.94. The highest BCUT2D eigenvalue weighted by molar-refractivity contribution is 5.12. The van der Waals surface area contributed by atoms with Gasteiger partial charge in [-0.2, -0.15) is 0 Å². The first-order valence-electron chi connectivity index (χ1n) is 8.12. The van der Waals surface area contributed by atoms with Gasteiger partial charge in [-0.15, -0.1) is 0 Å². The van der Waals surface area contributed by atoms with Crippen molar-refractivity contribution in [2.45, 2.75) is 83.4 Å². The zero-order chi connectivity index (χ0) is 12.6. The van der Waals surface area contributed by atoms with Crippen LogP contribution in [0.4, 0.5) is 0 Å². The second-order valence-electron chi connectivity index (χ2n) is 6.94. The van der Waals surface area contributed by atoms with Gasteiger partial charge in [0.05, 0.1) is 6.10 Å². The summed E-state index contributed by atoms with van der Waals surface area (Å²) in [5.41, 5.74) is 0.541. The first-order valence-corrected chi connectivity index (χ1v) is 8.12. The molecule has 2 heteroatoms. The lowest BCUT2D eigenvalue weighted by atomic mass is 9.50. The number of hydrogen-bond acceptors (Lipinski definition) is 2. The Labute approximate surface area is 112 Å². The van der Waals surface area contributed by atoms with Crippen LogP contribution in [0.3, 0.4) is 0 Å². The molecular formula is C16H29NO. The van der Waals surface area contributed by atoms with Crippen LogP contribution in [-0.4, -0.2) is 24.8 Å². The van der Waals surface area contributed by atoms with Gasteiger partial charge in [-0.1, -0.05) is 13.3 Å². The van der Waals surface area contributed by atoms with Crippen molar-refractivity contribution in [1.82, 2.24) is 5.32 Å². The van der Waals surface area contributed by atoms with Crippen LogP contribution in [0.2, 0.25) is 0 Å². The summed E-state index contributed by atoms with van der Waals surface area (Å²) in [6.07, 6.45) is 11.7. The van der Waals surface area contributed by atoms with Crippen molar-refractivity contribution in [3.8, 4) is 0 Å². The summed E-state index contributed by atoms with van der Waals surface area (Å²) < 4.78 is 5.93. The molecule has 0 amide bonds. The van der Waals surface area contributed by atoms with Crippen LogP contribution >= 0.6 is 0 Å². The molecule has 2 nitrogen and oxygen atoms in total. The molecule has 1 spiro atoms. The molecule has 3 aliphatic carbocycles. The summed E-state index contributed by atoms with van der Waals surface area (Å²) in [6, 6.07) is 1.56. The monoisotopic (exact) mass is 251 g/mol. The van der Waals surface area contributed by atoms with Crippen LogP contribution in [0.25, 0.3) is 0 Å². The topological polar surface area (TPSA) is 21.3 Å². The van der Waals surface area contributed by atoms with Crippen molar-refractivity contribution in [2.75, 3.05) is 6.61 Å². The summed E-state index contributed by atoms with van der Waals surface area (Å²) in [7, 11) is 0. The van der Waals surface area contributed by atoms with Crippen LogP contribution in [0.1, 0.15) is 65.2 Å². The Morgan fingerprint density at radius 1 is 1.17 bits per heavy atom. The zero-order valence-corrected chi connectivity index (χ0v) is 12.1. The van der Waals surface area contributed by atoms with Crippen LogP contribution in [0.5, 0.6) is 0 Å². The standard InChI is InChI=1S/C16H29NO/c1-3-18-15-11-14(16(15)9-4-10-16)17-13-7-5-12(2)6-8-13/h12-15,17H,3-11H2,1-2H3. The summed E-state index contributed by atoms with van der Waals surface area (Å²) in [5, 5.41) is 3.98. The lowest BCUT2D eigenvalue weighted by Gasteiger charge is -2.62. The molecule has 0 heterocycles. The second kappa shape index (κ2) is 5.13. The smallest absolute Gasteiger partial charge is 0.0661 e. The minimum absolute atomic E-state index is 0.541. The highest BCUT2D eigenvalue weighted by Crippen LogP contribution is 2.57. The molecular weight excluding hydrogens is 222 g/mol. The Hall–Kier alpha value is -0.0800. The van der Waals surface area contributed by atoms with Gasteiger partial charge >= 0.3 is 0 Å². The normalized spacial score (nSPS) is 42.3. The molecule has 0 aromatic heterocycles. The number of nitrogens with one attached hydrogen (secondary N) is 1. The first-order chi connectivity index (χ1) is 8.74. The Kier molecular flexibility index (Phi) is 3.68. The highest BCUT2D eigenvalue weighted by Gasteiger charge is 2.58. The van der Waals surface area contributed by atoms with Gasteiger partial charge in [0, 0.05) is 24.1 Å². The van der Waals surface area contributed by atoms with E-state index in [-0.39, 0.29) is 0 Å². The molecule has 2 unspecified atom stereocenters. The van der Waals surface area contributed by atoms with Crippen LogP contribution in [-0.2, 0) is 4.74 Å². The lowest BCUT2D eigenvalue weighted by Crippen LogP contribution is -2.68. The van der Waals surface area contributed by atoms with Gasteiger partial charge in [-0.05, 0) is 57.8 Å². The van der Waals surface area contributed by atoms with Gasteiger partial charge in [-0.3, -0.25) is 0 Å². The molecule has 0 aliphatic heterocycles. The molecule has 0 bridgehead atoms. The minimum Gasteiger partial charge on any atom is -0.378 e. The Balaban J connectivity index is 1.52. The average molecular weight is 251 g/mol. The molecule has 0 aromatic carbocycles. The van der Waals surface area contributed by atoms with Crippen molar-refractivity contribution >= 4 is 0 Å². The third-order valence-corrected chi connectivity index (χ3v) is 5.89. The van der Waals surface area contributed by atoms with Gasteiger partial charge in [0.2, 0.25) is 0 Å². The quantitative estimate of drug-likeness (QED) is 0.825. The predicted molar refractivity (Wildman–Crippen MR) is 74.7 cm³/mol. The molecule has 0 aromatic rings. The molecule has 3 rings (SSSR count). The maximum atomic E-state index is 5.93. The molecule has 3 fully saturated rings. The number of hydrogen-bond donors (Lipinski definition) is 1. The fourth-order valence-corrected chi connectivity index (χ4v) is 4.38. The molecule has 104 valence electrons. The maximum absolute atomic E-state index is 5.93. The van der Waals surface area contributed by atoms with Crippen LogP contribution in [0.15, 0.2) is 0 Å². The molecule has 1 N–H and O–H groups in total. The van der Waals surface area contributed by atoms with Gasteiger partial charge in [0.25, 0.3) is 0 Å². The predicted octanol–water partition coefficient (Wildman–Crippen LogP) is 3.50. The summed E-state index contributed by atoms with van der Waals surface area (Å²) in [5.74, 6) is 0.957. The third-order valence-electron chi connectivity index (χ3n) is 5.89. The molecule has 3 saturated carbocycles. The van der Waals surface area contributed by atoms with Gasteiger partial charge in [0.1, 0.15) is 0 Å². The summed E-state index contributed by atoms with van der Waals surface area (Å²) >= 11 is 0. The Morgan fingerprint density at radius 3 is 2.44 bits per heavy atom. The van der Waals surface area contributed by atoms with Gasteiger partial charge in [0.15, 0.2) is 0 Å². The van der Waals surface area contributed by atoms with E-state index in [0.717, 1.165) is 24.6 Å². The van der Waals surface area contributed by atoms with Gasteiger partial charge in [-0.25, -0.2) is 0 Å². The highest BCUT2D eigenvalue weighted by atomic mass is 16.5. The van der Waals surface area contributed by atoms with E-state index in [1.165, 1.54) is 51.4 Å². The van der Waals surface area contributed by atoms with Crippen LogP contribution < -0.4 is 5.32 Å². The van der Waals surface area contributed by atoms with Crippen molar-refractivity contribution in [2.24, 2.45) is 11.3 Å². The molecule has 3 aliphatic rings. The van der Waals surface area contributed by atoms with Crippen molar-refractivity contribution in [3.05, 3.63) is 0 Å². The van der Waals surface area contributed by atoms with E-state index in [2.05, 4.69) is 19.2 Å². The summed E-state index contributed by atoms with van der Waals surface area (Å²) in [6.45, 7) is 5.42. The molecule has 0 saturated heterocycles. The largest absolute Gasteiger partial charge is 0.378 e. The van der Waals surface area contributed by atoms with E-state index in [4.69, 9.17) is 4.74 Å². The van der Waals surface area contributed by atoms with Gasteiger partial charge < -0.3 is 10.1 Å². The SMILES string of the molecule is CCOC1CC(NC2CCC(C)CC2)C12CCC2. The number of rotatable bonds is 4. The third kappa shape index (κ3) is 2.12. The molecule has 2 atom stereocenters. The van der Waals surface area contributed by atoms with Crippen LogP contribution in [0, 0.1) is 11.3 Å². The maximum Gasteiger partial charge on any atom is 0.0661 e. The fourth-order valence-electron chi connectivity index (χ4n) is 4.38. The molecule has 18 heavy (non-hydrogen) atoms.